The molecule has 0 atom stereocenters. The van der Waals surface area contributed by atoms with E-state index in [1.54, 1.807) is 9.48 Å². The minimum absolute atomic E-state index is 0.0250. The zero-order valence-corrected chi connectivity index (χ0v) is 47.2. The Morgan fingerprint density at radius 3 is 1.41 bits per heavy atom. The number of Topliss-reactive ketones (excluding diaryl/α,β-unsaturated/α-hetero) is 1. The number of ketones is 1. The maximum absolute atomic E-state index is 14.1. The summed E-state index contributed by atoms with van der Waals surface area (Å²) in [5, 5.41) is 39.4. The molecule has 2 aromatic carbocycles. The van der Waals surface area contributed by atoms with Gasteiger partial charge >= 0.3 is 11.9 Å². The Balaban J connectivity index is 2.31. The van der Waals surface area contributed by atoms with Crippen LogP contribution < -0.4 is 26.2 Å². The number of unbranched alkanes of at least 4 members (excludes halogenated alkanes) is 4. The molecule has 0 aliphatic heterocycles. The van der Waals surface area contributed by atoms with Gasteiger partial charge in [-0.2, -0.15) is 38.2 Å². The molecule has 0 unspecified atom stereocenters. The molecule has 11 N–H and O–H groups in total. The Morgan fingerprint density at radius 2 is 0.988 bits per heavy atom. The van der Waals surface area contributed by atoms with Crippen molar-refractivity contribution in [3.63, 3.8) is 0 Å². The van der Waals surface area contributed by atoms with Crippen LogP contribution in [0.5, 0.6) is 0 Å². The number of allylic oxidation sites excluding steroid dienone is 5. The summed E-state index contributed by atoms with van der Waals surface area (Å²) < 4.78 is 130. The van der Waals surface area contributed by atoms with Crippen LogP contribution in [0.25, 0.3) is 0 Å². The highest BCUT2D eigenvalue weighted by Crippen LogP contribution is 2.35. The minimum Gasteiger partial charge on any atom is -0.506 e. The van der Waals surface area contributed by atoms with E-state index in [2.05, 4.69) is 21.3 Å². The molecule has 0 radical (unpaired) electrons. The molecule has 0 spiro atoms. The maximum Gasteiger partial charge on any atom is 0.303 e. The number of carboxylic acid groups (broad SMARTS) is 2. The zero-order valence-electron chi connectivity index (χ0n) is 44.0. The summed E-state index contributed by atoms with van der Waals surface area (Å²) >= 11 is 0. The van der Waals surface area contributed by atoms with Gasteiger partial charge in [0, 0.05) is 110 Å². The number of nitrogens with zero attached hydrogens (tertiary/aromatic N) is 2. The molecule has 32 heteroatoms. The summed E-state index contributed by atoms with van der Waals surface area (Å²) in [5.74, 6) is -10.6. The van der Waals surface area contributed by atoms with Crippen LogP contribution in [0.2, 0.25) is 0 Å². The number of aliphatic hydroxyl groups excluding tert-OH is 1. The monoisotopic (exact) mass is 1210 g/mol. The van der Waals surface area contributed by atoms with E-state index in [-0.39, 0.29) is 119 Å². The summed E-state index contributed by atoms with van der Waals surface area (Å²) in [6, 6.07) is 4.87. The average Bonchev–Trinajstić information content (AvgIpc) is 3.32. The number of carboxylic acids is 2. The summed E-state index contributed by atoms with van der Waals surface area (Å²) in [6.07, 6.45) is 3.88. The fourth-order valence-corrected chi connectivity index (χ4v) is 9.40. The van der Waals surface area contributed by atoms with Gasteiger partial charge in [-0.1, -0.05) is 6.42 Å². The predicted octanol–water partition coefficient (Wildman–Crippen LogP) is 1.90. The second kappa shape index (κ2) is 29.5. The number of nitrogens with one attached hydrogen (secondary N) is 4. The summed E-state index contributed by atoms with van der Waals surface area (Å²) in [4.78, 5) is 92.4. The van der Waals surface area contributed by atoms with Crippen molar-refractivity contribution in [1.29, 1.82) is 0 Å². The van der Waals surface area contributed by atoms with Crippen LogP contribution >= 0.6 is 0 Å². The van der Waals surface area contributed by atoms with Gasteiger partial charge < -0.3 is 41.5 Å². The van der Waals surface area contributed by atoms with Gasteiger partial charge in [0.05, 0.1) is 34.2 Å². The standard InChI is InChI=1S/C48H64N6O22S4/c1-29(53(17-9-5-7-11-41(55)56)39-27-33(45(61)49-13-19-77(65,66)67)25-35(31(39)3)47(63)51-15-21-79(71,72)73)23-37-43(59)38(44(37)60)24-30(2)54(18-10-6-8-12-42(57)58)40-28-34(46(62)50-14-20-78(68,69)70)26-36(32(40)4)48(64)52-16-22-80(74,75)76/h23-28H,5-22H2,1-4H3,(H10-,49,50,51,52,55,56,57,58,59,60,61,62,63,64,65,66,67,68,69,70,71,72,73,74,75,76)/p+1. The van der Waals surface area contributed by atoms with Crippen LogP contribution in [0.15, 0.2) is 59.0 Å². The highest BCUT2D eigenvalue weighted by Gasteiger charge is 2.35. The number of hydrogen-bond acceptors (Lipinski definition) is 17. The Bertz CT molecular complexity index is 3350. The van der Waals surface area contributed by atoms with Gasteiger partial charge in [0.1, 0.15) is 12.3 Å². The van der Waals surface area contributed by atoms with E-state index in [1.807, 2.05) is 0 Å². The van der Waals surface area contributed by atoms with Crippen molar-refractivity contribution < 1.29 is 105 Å². The third-order valence-electron chi connectivity index (χ3n) is 12.0. The van der Waals surface area contributed by atoms with Crippen molar-refractivity contribution in [3.8, 4) is 0 Å². The molecule has 0 saturated carbocycles. The number of aliphatic hydroxyl groups is 1. The first kappa shape index (κ1) is 67.3. The molecule has 0 heterocycles. The SMILES string of the molecule is C/C(=C\C1=C(O)C(=C/C(C)=[N+](\CCCCCC(=O)O)c2cc(C(=O)NCCS(=O)(=O)O)cc(C(=O)NCCS(=O)(=O)O)c2C)/C1=O)N(CCCCCC(=O)O)c1cc(C(=O)NCCS(=O)(=O)O)cc(C(=O)NCCS(=O)(=O)O)c1C. The Hall–Kier alpha value is -6.94. The minimum atomic E-state index is -4.53. The van der Waals surface area contributed by atoms with Gasteiger partial charge in [0.25, 0.3) is 64.1 Å². The molecule has 442 valence electrons. The first-order valence-corrected chi connectivity index (χ1v) is 30.9. The molecular weight excluding hydrogens is 1140 g/mol. The molecule has 3 rings (SSSR count). The number of carbonyl (C=O) groups is 7. The summed E-state index contributed by atoms with van der Waals surface area (Å²) in [7, 11) is -18.1. The molecule has 0 fully saturated rings. The van der Waals surface area contributed by atoms with Crippen molar-refractivity contribution in [1.82, 2.24) is 21.3 Å². The van der Waals surface area contributed by atoms with Crippen molar-refractivity contribution >= 4 is 98.9 Å². The number of rotatable bonds is 33. The first-order chi connectivity index (χ1) is 37.0. The van der Waals surface area contributed by atoms with Gasteiger partial charge in [-0.05, 0) is 76.3 Å². The summed E-state index contributed by atoms with van der Waals surface area (Å²) in [6.45, 7) is 3.72. The van der Waals surface area contributed by atoms with Gasteiger partial charge in [0.15, 0.2) is 5.71 Å². The molecule has 0 aromatic heterocycles. The van der Waals surface area contributed by atoms with Crippen LogP contribution in [-0.4, -0.2) is 181 Å². The van der Waals surface area contributed by atoms with Crippen molar-refractivity contribution in [3.05, 3.63) is 92.4 Å². The Morgan fingerprint density at radius 1 is 0.575 bits per heavy atom. The van der Waals surface area contributed by atoms with E-state index in [0.717, 1.165) is 12.1 Å². The topological polar surface area (TPSA) is 452 Å². The number of anilines is 1. The van der Waals surface area contributed by atoms with Crippen molar-refractivity contribution in [2.75, 3.05) is 67.2 Å². The number of carbonyl (C=O) groups excluding carboxylic acids is 5. The lowest BCUT2D eigenvalue weighted by molar-refractivity contribution is -0.441. The average molecular weight is 1210 g/mol. The van der Waals surface area contributed by atoms with E-state index >= 15 is 0 Å². The zero-order chi connectivity index (χ0) is 60.5. The van der Waals surface area contributed by atoms with Gasteiger partial charge in [-0.3, -0.25) is 51.8 Å². The van der Waals surface area contributed by atoms with Crippen LogP contribution in [0, 0.1) is 13.8 Å². The number of aliphatic carboxylic acids is 2. The molecule has 1 aliphatic carbocycles. The lowest BCUT2D eigenvalue weighted by Crippen LogP contribution is -2.32. The van der Waals surface area contributed by atoms with Crippen molar-refractivity contribution in [2.24, 2.45) is 0 Å². The smallest absolute Gasteiger partial charge is 0.303 e. The largest absolute Gasteiger partial charge is 0.506 e. The quantitative estimate of drug-likeness (QED) is 0.0160. The van der Waals surface area contributed by atoms with Gasteiger partial charge in [-0.25, -0.2) is 0 Å². The maximum atomic E-state index is 14.1. The number of hydrogen-bond donors (Lipinski definition) is 11. The van der Waals surface area contributed by atoms with Crippen LogP contribution in [0.3, 0.4) is 0 Å². The molecule has 1 aliphatic rings. The van der Waals surface area contributed by atoms with E-state index in [1.165, 1.54) is 52.0 Å². The summed E-state index contributed by atoms with van der Waals surface area (Å²) in [5.41, 5.74) is -0.375. The van der Waals surface area contributed by atoms with E-state index in [0.29, 0.717) is 12.8 Å². The molecule has 80 heavy (non-hydrogen) atoms. The van der Waals surface area contributed by atoms with E-state index in [9.17, 15) is 101 Å². The van der Waals surface area contributed by atoms with Crippen LogP contribution in [0.1, 0.15) is 118 Å². The molecule has 4 amide bonds. The molecule has 2 aromatic rings. The normalized spacial score (nSPS) is 14.0. The fraction of sp³-hybridized carbons (Fsp3) is 0.458. The van der Waals surface area contributed by atoms with Gasteiger partial charge in [-0.15, -0.1) is 0 Å². The van der Waals surface area contributed by atoms with Crippen LogP contribution in [-0.2, 0) is 54.9 Å². The predicted molar refractivity (Wildman–Crippen MR) is 289 cm³/mol. The third kappa shape index (κ3) is 22.3. The van der Waals surface area contributed by atoms with Gasteiger partial charge in [0.2, 0.25) is 11.5 Å². The van der Waals surface area contributed by atoms with E-state index in [4.69, 9.17) is 0 Å². The van der Waals surface area contributed by atoms with E-state index < -0.39 is 137 Å². The van der Waals surface area contributed by atoms with Crippen molar-refractivity contribution in [2.45, 2.75) is 79.1 Å². The number of amides is 4. The first-order valence-electron chi connectivity index (χ1n) is 24.4. The second-order valence-corrected chi connectivity index (χ2v) is 24.6. The number of benzene rings is 2. The molecular formula is C48H65N6O22S4+. The molecule has 0 bridgehead atoms. The lowest BCUT2D eigenvalue weighted by atomic mass is 9.86. The fourth-order valence-electron chi connectivity index (χ4n) is 7.96. The molecule has 28 nitrogen and oxygen atoms in total. The van der Waals surface area contributed by atoms with Crippen LogP contribution in [0.4, 0.5) is 11.4 Å². The Labute approximate surface area is 462 Å². The second-order valence-electron chi connectivity index (χ2n) is 18.3. The highest BCUT2D eigenvalue weighted by molar-refractivity contribution is 7.86. The lowest BCUT2D eigenvalue weighted by Gasteiger charge is -2.30. The highest BCUT2D eigenvalue weighted by atomic mass is 32.2. The third-order valence-corrected chi connectivity index (χ3v) is 14.9. The molecule has 0 saturated heterocycles. The Kier molecular flexibility index (Phi) is 24.8.